The quantitative estimate of drug-likeness (QED) is 0.775. The Morgan fingerprint density at radius 2 is 1.57 bits per heavy atom. The van der Waals surface area contributed by atoms with E-state index in [1.807, 2.05) is 36.4 Å². The van der Waals surface area contributed by atoms with Crippen LogP contribution < -0.4 is 5.32 Å². The van der Waals surface area contributed by atoms with E-state index in [4.69, 9.17) is 9.47 Å². The number of fused-ring (bicyclic) bond motifs is 3. The summed E-state index contributed by atoms with van der Waals surface area (Å²) in [5.74, 6) is -0.782. The maximum atomic E-state index is 12.2. The molecule has 1 atom stereocenters. The lowest BCUT2D eigenvalue weighted by Crippen LogP contribution is -2.46. The Labute approximate surface area is 164 Å². The van der Waals surface area contributed by atoms with Crippen LogP contribution in [0.3, 0.4) is 0 Å². The van der Waals surface area contributed by atoms with Crippen molar-refractivity contribution in [3.05, 3.63) is 59.7 Å². The van der Waals surface area contributed by atoms with E-state index in [9.17, 15) is 14.7 Å². The fourth-order valence-electron chi connectivity index (χ4n) is 3.33. The predicted octanol–water partition coefficient (Wildman–Crippen LogP) is 3.23. The number of alkyl carbamates (subject to hydrolysis) is 1. The van der Waals surface area contributed by atoms with E-state index >= 15 is 0 Å². The number of nitrogens with one attached hydrogen (secondary N) is 1. The van der Waals surface area contributed by atoms with Gasteiger partial charge in [0, 0.05) is 5.92 Å². The summed E-state index contributed by atoms with van der Waals surface area (Å²) in [5, 5.41) is 11.8. The second kappa shape index (κ2) is 8.02. The smallest absolute Gasteiger partial charge is 0.407 e. The van der Waals surface area contributed by atoms with E-state index in [0.717, 1.165) is 22.3 Å². The fourth-order valence-corrected chi connectivity index (χ4v) is 3.33. The van der Waals surface area contributed by atoms with Gasteiger partial charge in [0.2, 0.25) is 0 Å². The van der Waals surface area contributed by atoms with Crippen molar-refractivity contribution in [3.8, 4) is 11.1 Å². The molecule has 2 N–H and O–H groups in total. The number of carbonyl (C=O) groups is 2. The maximum absolute atomic E-state index is 12.2. The third-order valence-electron chi connectivity index (χ3n) is 4.51. The van der Waals surface area contributed by atoms with Gasteiger partial charge in [-0.15, -0.1) is 0 Å². The van der Waals surface area contributed by atoms with Crippen LogP contribution in [0.15, 0.2) is 48.5 Å². The lowest BCUT2D eigenvalue weighted by atomic mass is 9.98. The number of amides is 1. The topological polar surface area (TPSA) is 84.9 Å². The van der Waals surface area contributed by atoms with Gasteiger partial charge in [0.25, 0.3) is 0 Å². The van der Waals surface area contributed by atoms with Gasteiger partial charge in [-0.05, 0) is 43.0 Å². The Morgan fingerprint density at radius 3 is 2.07 bits per heavy atom. The van der Waals surface area contributed by atoms with Crippen molar-refractivity contribution in [2.24, 2.45) is 0 Å². The molecular weight excluding hydrogens is 358 g/mol. The average molecular weight is 383 g/mol. The molecule has 6 heteroatoms. The van der Waals surface area contributed by atoms with Crippen LogP contribution in [-0.2, 0) is 14.3 Å². The van der Waals surface area contributed by atoms with Crippen LogP contribution in [0.25, 0.3) is 11.1 Å². The third kappa shape index (κ3) is 4.34. The second-order valence-electron chi connectivity index (χ2n) is 7.74. The van der Waals surface area contributed by atoms with Crippen molar-refractivity contribution in [1.29, 1.82) is 0 Å². The summed E-state index contributed by atoms with van der Waals surface area (Å²) in [4.78, 5) is 24.3. The Morgan fingerprint density at radius 1 is 1.04 bits per heavy atom. The summed E-state index contributed by atoms with van der Waals surface area (Å²) in [5.41, 5.74) is 3.75. The van der Waals surface area contributed by atoms with Crippen molar-refractivity contribution < 1.29 is 24.2 Å². The second-order valence-corrected chi connectivity index (χ2v) is 7.74. The van der Waals surface area contributed by atoms with Gasteiger partial charge in [-0.25, -0.2) is 9.59 Å². The molecule has 3 rings (SSSR count). The maximum Gasteiger partial charge on any atom is 0.407 e. The monoisotopic (exact) mass is 383 g/mol. The van der Waals surface area contributed by atoms with E-state index in [1.54, 1.807) is 20.8 Å². The van der Waals surface area contributed by atoms with Gasteiger partial charge in [0.15, 0.2) is 6.04 Å². The lowest BCUT2D eigenvalue weighted by Gasteiger charge is -2.23. The van der Waals surface area contributed by atoms with Gasteiger partial charge >= 0.3 is 12.1 Å². The molecule has 148 valence electrons. The first kappa shape index (κ1) is 19.9. The molecule has 2 aromatic carbocycles. The summed E-state index contributed by atoms with van der Waals surface area (Å²) >= 11 is 0. The van der Waals surface area contributed by atoms with Crippen LogP contribution in [0.5, 0.6) is 0 Å². The number of carbonyl (C=O) groups excluding carboxylic acids is 2. The molecule has 0 saturated heterocycles. The Balaban J connectivity index is 1.65. The van der Waals surface area contributed by atoms with Gasteiger partial charge in [0.1, 0.15) is 12.2 Å². The van der Waals surface area contributed by atoms with Gasteiger partial charge in [-0.3, -0.25) is 0 Å². The molecule has 0 aliphatic heterocycles. The van der Waals surface area contributed by atoms with Gasteiger partial charge in [-0.1, -0.05) is 48.5 Å². The number of hydrogen-bond acceptors (Lipinski definition) is 5. The van der Waals surface area contributed by atoms with Gasteiger partial charge in [-0.2, -0.15) is 0 Å². The number of ether oxygens (including phenoxy) is 2. The zero-order valence-electron chi connectivity index (χ0n) is 16.3. The first-order chi connectivity index (χ1) is 13.3. The molecule has 28 heavy (non-hydrogen) atoms. The largest absolute Gasteiger partial charge is 0.458 e. The van der Waals surface area contributed by atoms with Crippen LogP contribution in [-0.4, -0.2) is 42.0 Å². The normalized spacial score (nSPS) is 14.0. The zero-order chi connectivity index (χ0) is 20.3. The molecule has 6 nitrogen and oxygen atoms in total. The number of hydrogen-bond donors (Lipinski definition) is 2. The average Bonchev–Trinajstić information content (AvgIpc) is 2.97. The highest BCUT2D eigenvalue weighted by Crippen LogP contribution is 2.44. The molecule has 0 heterocycles. The number of esters is 1. The summed E-state index contributed by atoms with van der Waals surface area (Å²) in [6, 6.07) is 14.9. The van der Waals surface area contributed by atoms with E-state index in [0.29, 0.717) is 0 Å². The summed E-state index contributed by atoms with van der Waals surface area (Å²) in [6.45, 7) is 4.71. The molecule has 1 amide bonds. The van der Waals surface area contributed by atoms with Gasteiger partial charge < -0.3 is 19.9 Å². The van der Waals surface area contributed by atoms with Crippen LogP contribution in [0, 0.1) is 0 Å². The molecule has 0 bridgehead atoms. The predicted molar refractivity (Wildman–Crippen MR) is 105 cm³/mol. The highest BCUT2D eigenvalue weighted by atomic mass is 16.6. The lowest BCUT2D eigenvalue weighted by molar-refractivity contribution is -0.158. The van der Waals surface area contributed by atoms with Crippen LogP contribution >= 0.6 is 0 Å². The zero-order valence-corrected chi connectivity index (χ0v) is 16.3. The Bertz CT molecular complexity index is 826. The molecule has 0 spiro atoms. The van der Waals surface area contributed by atoms with Gasteiger partial charge in [0.05, 0.1) is 6.61 Å². The minimum absolute atomic E-state index is 0.0766. The summed E-state index contributed by atoms with van der Waals surface area (Å²) < 4.78 is 10.6. The van der Waals surface area contributed by atoms with E-state index in [1.165, 1.54) is 0 Å². The Hall–Kier alpha value is -2.86. The van der Waals surface area contributed by atoms with Crippen molar-refractivity contribution >= 4 is 12.1 Å². The molecule has 0 fully saturated rings. The van der Waals surface area contributed by atoms with Crippen molar-refractivity contribution in [2.75, 3.05) is 13.2 Å². The number of aliphatic hydroxyl groups excluding tert-OH is 1. The fraction of sp³-hybridized carbons (Fsp3) is 0.364. The van der Waals surface area contributed by atoms with Crippen molar-refractivity contribution in [1.82, 2.24) is 5.32 Å². The summed E-state index contributed by atoms with van der Waals surface area (Å²) in [6.07, 6.45) is -0.772. The number of rotatable bonds is 5. The van der Waals surface area contributed by atoms with Crippen LogP contribution in [0.4, 0.5) is 4.79 Å². The van der Waals surface area contributed by atoms with Crippen molar-refractivity contribution in [2.45, 2.75) is 38.3 Å². The molecule has 0 aromatic heterocycles. The van der Waals surface area contributed by atoms with E-state index < -0.39 is 30.3 Å². The SMILES string of the molecule is CC(C)(C)OC(=O)[C@@H](CO)NC(=O)OCC1c2ccccc2-c2ccccc21. The molecule has 1 aliphatic rings. The summed E-state index contributed by atoms with van der Waals surface area (Å²) in [7, 11) is 0. The number of aliphatic hydroxyl groups is 1. The molecule has 2 aromatic rings. The first-order valence-electron chi connectivity index (χ1n) is 9.25. The highest BCUT2D eigenvalue weighted by molar-refractivity contribution is 5.82. The first-order valence-corrected chi connectivity index (χ1v) is 9.25. The highest BCUT2D eigenvalue weighted by Gasteiger charge is 2.30. The molecule has 0 saturated carbocycles. The number of benzene rings is 2. The van der Waals surface area contributed by atoms with Crippen LogP contribution in [0.2, 0.25) is 0 Å². The standard InChI is InChI=1S/C22H25NO5/c1-22(2,3)28-20(25)19(12-24)23-21(26)27-13-18-16-10-6-4-8-14(16)15-9-5-7-11-17(15)18/h4-11,18-19,24H,12-13H2,1-3H3,(H,23,26)/t19-/m1/s1. The van der Waals surface area contributed by atoms with Crippen molar-refractivity contribution in [3.63, 3.8) is 0 Å². The molecular formula is C22H25NO5. The molecule has 0 unspecified atom stereocenters. The van der Waals surface area contributed by atoms with Crippen LogP contribution in [0.1, 0.15) is 37.8 Å². The molecule has 1 aliphatic carbocycles. The minimum atomic E-state index is -1.17. The van der Waals surface area contributed by atoms with E-state index in [2.05, 4.69) is 17.4 Å². The van der Waals surface area contributed by atoms with E-state index in [-0.39, 0.29) is 12.5 Å². The Kier molecular flexibility index (Phi) is 5.70. The third-order valence-corrected chi connectivity index (χ3v) is 4.51. The molecule has 0 radical (unpaired) electrons. The minimum Gasteiger partial charge on any atom is -0.458 e.